The minimum Gasteiger partial charge on any atom is -0.337 e. The summed E-state index contributed by atoms with van der Waals surface area (Å²) in [6.45, 7) is -0.345. The van der Waals surface area contributed by atoms with Gasteiger partial charge in [-0.2, -0.15) is 18.2 Å². The Hall–Kier alpha value is -3.50. The number of nitro benzene ring substituents is 1. The Balaban J connectivity index is 1.85. The van der Waals surface area contributed by atoms with Crippen molar-refractivity contribution in [2.24, 2.45) is 0 Å². The molecule has 2 aromatic heterocycles. The topological polar surface area (TPSA) is 104 Å². The van der Waals surface area contributed by atoms with Crippen LogP contribution in [0.1, 0.15) is 11.5 Å². The molecular weight excluding hydrogens is 357 g/mol. The molecule has 26 heavy (non-hydrogen) atoms. The van der Waals surface area contributed by atoms with Crippen LogP contribution in [-0.2, 0) is 12.7 Å². The molecule has 0 atom stereocenters. The number of hydrogen-bond acceptors (Lipinski definition) is 6. The van der Waals surface area contributed by atoms with Crippen LogP contribution < -0.4 is 5.56 Å². The molecule has 0 bridgehead atoms. The van der Waals surface area contributed by atoms with E-state index in [1.165, 1.54) is 30.5 Å². The van der Waals surface area contributed by atoms with E-state index in [2.05, 4.69) is 10.1 Å². The van der Waals surface area contributed by atoms with Crippen LogP contribution in [0.4, 0.5) is 18.9 Å². The Labute approximate surface area is 142 Å². The van der Waals surface area contributed by atoms with Crippen LogP contribution in [0.2, 0.25) is 0 Å². The van der Waals surface area contributed by atoms with Gasteiger partial charge in [-0.25, -0.2) is 0 Å². The molecule has 134 valence electrons. The number of pyridine rings is 1. The van der Waals surface area contributed by atoms with Gasteiger partial charge in [-0.1, -0.05) is 5.16 Å². The minimum absolute atomic E-state index is 0.0835. The predicted molar refractivity (Wildman–Crippen MR) is 81.2 cm³/mol. The molecule has 3 rings (SSSR count). The molecule has 0 aliphatic carbocycles. The van der Waals surface area contributed by atoms with Crippen molar-refractivity contribution in [2.75, 3.05) is 0 Å². The van der Waals surface area contributed by atoms with Crippen LogP contribution in [0.3, 0.4) is 0 Å². The van der Waals surface area contributed by atoms with E-state index in [0.717, 1.165) is 10.6 Å². The van der Waals surface area contributed by atoms with Gasteiger partial charge in [0, 0.05) is 23.9 Å². The maximum absolute atomic E-state index is 12.8. The number of hydrogen-bond donors (Lipinski definition) is 0. The maximum atomic E-state index is 12.8. The molecule has 8 nitrogen and oxygen atoms in total. The quantitative estimate of drug-likeness (QED) is 0.519. The Kier molecular flexibility index (Phi) is 4.28. The third-order valence-corrected chi connectivity index (χ3v) is 3.44. The average Bonchev–Trinajstić information content (AvgIpc) is 3.04. The molecular formula is C15H9F3N4O4. The molecule has 1 aromatic carbocycles. The number of benzene rings is 1. The second kappa shape index (κ2) is 6.43. The van der Waals surface area contributed by atoms with Crippen LogP contribution in [0, 0.1) is 10.1 Å². The summed E-state index contributed by atoms with van der Waals surface area (Å²) in [7, 11) is 0. The summed E-state index contributed by atoms with van der Waals surface area (Å²) in [5, 5.41) is 14.3. The van der Waals surface area contributed by atoms with Crippen LogP contribution >= 0.6 is 0 Å². The smallest absolute Gasteiger partial charge is 0.337 e. The van der Waals surface area contributed by atoms with E-state index in [0.29, 0.717) is 11.6 Å². The first kappa shape index (κ1) is 17.3. The Bertz CT molecular complexity index is 1010. The molecule has 0 N–H and O–H groups in total. The molecule has 0 saturated heterocycles. The highest BCUT2D eigenvalue weighted by atomic mass is 19.4. The Morgan fingerprint density at radius 2 is 1.88 bits per heavy atom. The van der Waals surface area contributed by atoms with Gasteiger partial charge in [0.25, 0.3) is 11.2 Å². The average molecular weight is 366 g/mol. The van der Waals surface area contributed by atoms with E-state index in [9.17, 15) is 28.1 Å². The number of nitro groups is 1. The van der Waals surface area contributed by atoms with E-state index in [-0.39, 0.29) is 23.9 Å². The molecule has 2 heterocycles. The van der Waals surface area contributed by atoms with Crippen molar-refractivity contribution in [3.8, 4) is 11.4 Å². The van der Waals surface area contributed by atoms with Gasteiger partial charge >= 0.3 is 6.18 Å². The minimum atomic E-state index is -4.77. The molecule has 0 amide bonds. The second-order valence-electron chi connectivity index (χ2n) is 5.17. The zero-order valence-corrected chi connectivity index (χ0v) is 12.8. The molecule has 0 spiro atoms. The highest BCUT2D eigenvalue weighted by Crippen LogP contribution is 2.26. The lowest BCUT2D eigenvalue weighted by molar-refractivity contribution is -0.384. The fraction of sp³-hybridized carbons (Fsp3) is 0.133. The Morgan fingerprint density at radius 3 is 2.50 bits per heavy atom. The maximum Gasteiger partial charge on any atom is 0.421 e. The molecule has 0 radical (unpaired) electrons. The van der Waals surface area contributed by atoms with Crippen molar-refractivity contribution in [3.63, 3.8) is 0 Å². The first-order valence-corrected chi connectivity index (χ1v) is 7.10. The van der Waals surface area contributed by atoms with Crippen molar-refractivity contribution in [2.45, 2.75) is 12.7 Å². The Morgan fingerprint density at radius 1 is 1.19 bits per heavy atom. The largest absolute Gasteiger partial charge is 0.421 e. The van der Waals surface area contributed by atoms with E-state index >= 15 is 0 Å². The summed E-state index contributed by atoms with van der Waals surface area (Å²) in [5.41, 5.74) is -2.22. The summed E-state index contributed by atoms with van der Waals surface area (Å²) >= 11 is 0. The standard InChI is InChI=1S/C15H9F3N4O4/c16-15(17,18)11-2-1-7-21(14(11)23)8-12-19-13(20-26-12)9-3-5-10(6-4-9)22(24)25/h1-7H,8H2. The number of alkyl halides is 3. The van der Waals surface area contributed by atoms with Gasteiger partial charge in [0.05, 0.1) is 4.92 Å². The van der Waals surface area contributed by atoms with Crippen molar-refractivity contribution in [1.82, 2.24) is 14.7 Å². The van der Waals surface area contributed by atoms with Gasteiger partial charge in [-0.05, 0) is 24.3 Å². The third kappa shape index (κ3) is 3.45. The van der Waals surface area contributed by atoms with Crippen molar-refractivity contribution >= 4 is 5.69 Å². The van der Waals surface area contributed by atoms with Crippen LogP contribution in [0.5, 0.6) is 0 Å². The van der Waals surface area contributed by atoms with E-state index in [1.54, 1.807) is 0 Å². The summed E-state index contributed by atoms with van der Waals surface area (Å²) in [6, 6.07) is 7.10. The molecule has 0 saturated carbocycles. The van der Waals surface area contributed by atoms with Gasteiger partial charge in [0.1, 0.15) is 12.1 Å². The third-order valence-electron chi connectivity index (χ3n) is 3.44. The molecule has 11 heteroatoms. The van der Waals surface area contributed by atoms with Crippen molar-refractivity contribution in [3.05, 3.63) is 74.5 Å². The van der Waals surface area contributed by atoms with Gasteiger partial charge in [0.2, 0.25) is 11.7 Å². The van der Waals surface area contributed by atoms with Crippen molar-refractivity contribution < 1.29 is 22.6 Å². The van der Waals surface area contributed by atoms with E-state index in [1.807, 2.05) is 0 Å². The number of nitrogens with zero attached hydrogens (tertiary/aromatic N) is 4. The molecule has 3 aromatic rings. The van der Waals surface area contributed by atoms with Crippen molar-refractivity contribution in [1.29, 1.82) is 0 Å². The zero-order chi connectivity index (χ0) is 18.9. The first-order chi connectivity index (χ1) is 12.3. The molecule has 0 aliphatic rings. The highest BCUT2D eigenvalue weighted by Gasteiger charge is 2.34. The lowest BCUT2D eigenvalue weighted by Crippen LogP contribution is -2.28. The monoisotopic (exact) mass is 366 g/mol. The summed E-state index contributed by atoms with van der Waals surface area (Å²) < 4.78 is 44.1. The van der Waals surface area contributed by atoms with Crippen LogP contribution in [0.15, 0.2) is 51.9 Å². The summed E-state index contributed by atoms with van der Waals surface area (Å²) in [6.07, 6.45) is -3.59. The summed E-state index contributed by atoms with van der Waals surface area (Å²) in [4.78, 5) is 25.9. The first-order valence-electron chi connectivity index (χ1n) is 7.10. The fourth-order valence-corrected chi connectivity index (χ4v) is 2.19. The zero-order valence-electron chi connectivity index (χ0n) is 12.8. The number of non-ortho nitro benzene ring substituents is 1. The van der Waals surface area contributed by atoms with Gasteiger partial charge in [-0.3, -0.25) is 14.9 Å². The van der Waals surface area contributed by atoms with Gasteiger partial charge in [0.15, 0.2) is 0 Å². The fourth-order valence-electron chi connectivity index (χ4n) is 2.19. The molecule has 0 fully saturated rings. The lowest BCUT2D eigenvalue weighted by atomic mass is 10.2. The second-order valence-corrected chi connectivity index (χ2v) is 5.17. The number of halogens is 3. The number of rotatable bonds is 4. The summed E-state index contributed by atoms with van der Waals surface area (Å²) in [5.74, 6) is 0.00898. The highest BCUT2D eigenvalue weighted by molar-refractivity contribution is 5.56. The normalized spacial score (nSPS) is 11.5. The van der Waals surface area contributed by atoms with E-state index in [4.69, 9.17) is 4.52 Å². The van der Waals surface area contributed by atoms with Gasteiger partial charge < -0.3 is 9.09 Å². The van der Waals surface area contributed by atoms with Gasteiger partial charge in [-0.15, -0.1) is 0 Å². The predicted octanol–water partition coefficient (Wildman–Crippen LogP) is 2.87. The molecule has 0 unspecified atom stereocenters. The van der Waals surface area contributed by atoms with Crippen LogP contribution in [0.25, 0.3) is 11.4 Å². The van der Waals surface area contributed by atoms with Crippen LogP contribution in [-0.4, -0.2) is 19.6 Å². The number of aromatic nitrogens is 3. The SMILES string of the molecule is O=c1c(C(F)(F)F)cccn1Cc1nc(-c2ccc([N+](=O)[O-])cc2)no1. The molecule has 0 aliphatic heterocycles. The van der Waals surface area contributed by atoms with E-state index < -0.39 is 22.2 Å². The lowest BCUT2D eigenvalue weighted by Gasteiger charge is -2.08.